The molecule has 1 aromatic heterocycles. The normalized spacial score (nSPS) is 17.1. The van der Waals surface area contributed by atoms with Gasteiger partial charge in [-0.2, -0.15) is 4.31 Å². The number of nitrogens with zero attached hydrogens (tertiary/aromatic N) is 2. The lowest BCUT2D eigenvalue weighted by molar-refractivity contribution is 0.249. The van der Waals surface area contributed by atoms with Gasteiger partial charge in [-0.05, 0) is 24.5 Å². The minimum Gasteiger partial charge on any atom is -0.392 e. The van der Waals surface area contributed by atoms with Crippen molar-refractivity contribution in [1.29, 1.82) is 0 Å². The first-order valence-corrected chi connectivity index (χ1v) is 7.03. The van der Waals surface area contributed by atoms with Crippen LogP contribution in [0.15, 0.2) is 23.4 Å². The van der Waals surface area contributed by atoms with E-state index in [1.165, 1.54) is 16.6 Å². The predicted octanol–water partition coefficient (Wildman–Crippen LogP) is 0.747. The molecule has 94 valence electrons. The second-order valence-corrected chi connectivity index (χ2v) is 6.21. The number of aliphatic hydroxyl groups excluding tert-OH is 1. The lowest BCUT2D eigenvalue weighted by Crippen LogP contribution is -2.41. The van der Waals surface area contributed by atoms with Crippen LogP contribution >= 0.6 is 0 Å². The van der Waals surface area contributed by atoms with Crippen LogP contribution < -0.4 is 0 Å². The maximum absolute atomic E-state index is 12.2. The number of hydrogen-bond acceptors (Lipinski definition) is 4. The molecule has 2 rings (SSSR count). The third-order valence-corrected chi connectivity index (χ3v) is 5.04. The first kappa shape index (κ1) is 12.5. The molecule has 0 saturated heterocycles. The minimum atomic E-state index is -3.48. The minimum absolute atomic E-state index is 0.0455. The number of hydrogen-bond donors (Lipinski definition) is 1. The van der Waals surface area contributed by atoms with Crippen molar-refractivity contribution >= 4 is 10.0 Å². The number of pyridine rings is 1. The predicted molar refractivity (Wildman–Crippen MR) is 62.7 cm³/mol. The maximum Gasteiger partial charge on any atom is 0.260 e. The van der Waals surface area contributed by atoms with Gasteiger partial charge >= 0.3 is 0 Å². The highest BCUT2D eigenvalue weighted by molar-refractivity contribution is 7.89. The zero-order chi connectivity index (χ0) is 12.5. The molecule has 17 heavy (non-hydrogen) atoms. The van der Waals surface area contributed by atoms with Crippen molar-refractivity contribution in [1.82, 2.24) is 9.29 Å². The fraction of sp³-hybridized carbons (Fsp3) is 0.545. The van der Waals surface area contributed by atoms with Crippen molar-refractivity contribution in [3.63, 3.8) is 0 Å². The van der Waals surface area contributed by atoms with Crippen molar-refractivity contribution in [2.75, 3.05) is 7.05 Å². The average molecular weight is 256 g/mol. The van der Waals surface area contributed by atoms with Gasteiger partial charge in [0.1, 0.15) is 0 Å². The zero-order valence-electron chi connectivity index (χ0n) is 9.70. The molecular weight excluding hydrogens is 240 g/mol. The van der Waals surface area contributed by atoms with E-state index in [2.05, 4.69) is 4.98 Å². The molecule has 1 heterocycles. The number of sulfonamides is 1. The Balaban J connectivity index is 2.23. The van der Waals surface area contributed by atoms with E-state index in [-0.39, 0.29) is 17.7 Å². The molecule has 1 aliphatic rings. The van der Waals surface area contributed by atoms with Gasteiger partial charge in [-0.3, -0.25) is 0 Å². The second-order valence-electron chi connectivity index (χ2n) is 4.27. The Morgan fingerprint density at radius 3 is 2.59 bits per heavy atom. The lowest BCUT2D eigenvalue weighted by atomic mass is 9.94. The van der Waals surface area contributed by atoms with E-state index in [0.29, 0.717) is 5.56 Å². The van der Waals surface area contributed by atoms with E-state index in [1.54, 1.807) is 13.1 Å². The van der Waals surface area contributed by atoms with Crippen LogP contribution in [0, 0.1) is 0 Å². The van der Waals surface area contributed by atoms with Crippen molar-refractivity contribution < 1.29 is 13.5 Å². The molecule has 0 unspecified atom stereocenters. The van der Waals surface area contributed by atoms with Crippen LogP contribution in [0.25, 0.3) is 0 Å². The van der Waals surface area contributed by atoms with Gasteiger partial charge in [-0.25, -0.2) is 13.4 Å². The lowest BCUT2D eigenvalue weighted by Gasteiger charge is -2.33. The molecule has 6 heteroatoms. The van der Waals surface area contributed by atoms with Crippen molar-refractivity contribution in [2.45, 2.75) is 36.9 Å². The van der Waals surface area contributed by atoms with Gasteiger partial charge in [0, 0.05) is 19.3 Å². The van der Waals surface area contributed by atoms with Crippen molar-refractivity contribution in [3.8, 4) is 0 Å². The molecule has 1 aromatic rings. The van der Waals surface area contributed by atoms with Gasteiger partial charge in [-0.1, -0.05) is 12.5 Å². The largest absolute Gasteiger partial charge is 0.392 e. The second kappa shape index (κ2) is 4.72. The van der Waals surface area contributed by atoms with E-state index in [0.717, 1.165) is 19.3 Å². The molecule has 5 nitrogen and oxygen atoms in total. The van der Waals surface area contributed by atoms with Crippen LogP contribution in [0.5, 0.6) is 0 Å². The smallest absolute Gasteiger partial charge is 0.260 e. The Morgan fingerprint density at radius 2 is 2.18 bits per heavy atom. The summed E-state index contributed by atoms with van der Waals surface area (Å²) in [6.45, 7) is -0.133. The molecule has 0 atom stereocenters. The first-order chi connectivity index (χ1) is 8.05. The van der Waals surface area contributed by atoms with Gasteiger partial charge in [0.15, 0.2) is 5.03 Å². The molecule has 0 amide bonds. The van der Waals surface area contributed by atoms with Crippen molar-refractivity contribution in [2.24, 2.45) is 0 Å². The molecule has 1 saturated carbocycles. The third-order valence-electron chi connectivity index (χ3n) is 3.21. The van der Waals surface area contributed by atoms with Gasteiger partial charge in [0.2, 0.25) is 0 Å². The number of aliphatic hydroxyl groups is 1. The Labute approximate surface area is 101 Å². The summed E-state index contributed by atoms with van der Waals surface area (Å²) in [5.41, 5.74) is 0.607. The first-order valence-electron chi connectivity index (χ1n) is 5.59. The standard InChI is InChI=1S/C11H16N2O3S/c1-13(10-3-2-4-10)17(15,16)11-6-5-9(8-14)7-12-11/h5-7,10,14H,2-4,8H2,1H3. The fourth-order valence-electron chi connectivity index (χ4n) is 1.75. The summed E-state index contributed by atoms with van der Waals surface area (Å²) < 4.78 is 25.7. The summed E-state index contributed by atoms with van der Waals surface area (Å²) in [7, 11) is -1.89. The van der Waals surface area contributed by atoms with Gasteiger partial charge in [0.05, 0.1) is 6.61 Å². The molecule has 0 aromatic carbocycles. The number of aromatic nitrogens is 1. The quantitative estimate of drug-likeness (QED) is 0.863. The average Bonchev–Trinajstić information content (AvgIpc) is 2.27. The Kier molecular flexibility index (Phi) is 3.46. The Hall–Kier alpha value is -0.980. The van der Waals surface area contributed by atoms with Crippen LogP contribution in [0.1, 0.15) is 24.8 Å². The third kappa shape index (κ3) is 2.34. The fourth-order valence-corrected chi connectivity index (χ4v) is 3.08. The summed E-state index contributed by atoms with van der Waals surface area (Å²) >= 11 is 0. The van der Waals surface area contributed by atoms with Crippen LogP contribution in [0.3, 0.4) is 0 Å². The molecule has 0 radical (unpaired) electrons. The van der Waals surface area contributed by atoms with E-state index in [9.17, 15) is 8.42 Å². The van der Waals surface area contributed by atoms with Gasteiger partial charge in [0.25, 0.3) is 10.0 Å². The molecule has 0 bridgehead atoms. The van der Waals surface area contributed by atoms with E-state index in [1.807, 2.05) is 0 Å². The highest BCUT2D eigenvalue weighted by atomic mass is 32.2. The van der Waals surface area contributed by atoms with E-state index in [4.69, 9.17) is 5.11 Å². The van der Waals surface area contributed by atoms with Crippen LogP contribution in [-0.2, 0) is 16.6 Å². The van der Waals surface area contributed by atoms with Gasteiger partial charge in [-0.15, -0.1) is 0 Å². The molecule has 0 spiro atoms. The Morgan fingerprint density at radius 1 is 1.47 bits per heavy atom. The zero-order valence-corrected chi connectivity index (χ0v) is 10.5. The van der Waals surface area contributed by atoms with Gasteiger partial charge < -0.3 is 5.11 Å². The summed E-state index contributed by atoms with van der Waals surface area (Å²) in [4.78, 5) is 3.89. The monoisotopic (exact) mass is 256 g/mol. The maximum atomic E-state index is 12.2. The highest BCUT2D eigenvalue weighted by Gasteiger charge is 2.32. The van der Waals surface area contributed by atoms with E-state index < -0.39 is 10.0 Å². The molecule has 0 aliphatic heterocycles. The summed E-state index contributed by atoms with van der Waals surface area (Å²) in [5, 5.41) is 8.92. The molecule has 1 N–H and O–H groups in total. The SMILES string of the molecule is CN(C1CCC1)S(=O)(=O)c1ccc(CO)cn1. The van der Waals surface area contributed by atoms with Crippen LogP contribution in [-0.4, -0.2) is 35.9 Å². The molecule has 1 aliphatic carbocycles. The number of rotatable bonds is 4. The highest BCUT2D eigenvalue weighted by Crippen LogP contribution is 2.27. The molecular formula is C11H16N2O3S. The van der Waals surface area contributed by atoms with Crippen molar-refractivity contribution in [3.05, 3.63) is 23.9 Å². The summed E-state index contributed by atoms with van der Waals surface area (Å²) in [5.74, 6) is 0. The van der Waals surface area contributed by atoms with Crippen LogP contribution in [0.4, 0.5) is 0 Å². The summed E-state index contributed by atoms with van der Waals surface area (Å²) in [6, 6.07) is 3.13. The topological polar surface area (TPSA) is 70.5 Å². The molecule has 1 fully saturated rings. The van der Waals surface area contributed by atoms with E-state index >= 15 is 0 Å². The summed E-state index contributed by atoms with van der Waals surface area (Å²) in [6.07, 6.45) is 4.32. The van der Waals surface area contributed by atoms with Crippen LogP contribution in [0.2, 0.25) is 0 Å². The Bertz CT molecular complexity index is 480.